The molecule has 2 aliphatic rings. The fourth-order valence-electron chi connectivity index (χ4n) is 5.61. The Balaban J connectivity index is 1.28. The van der Waals surface area contributed by atoms with E-state index in [1.807, 2.05) is 61.5 Å². The number of rotatable bonds is 7. The van der Waals surface area contributed by atoms with Crippen LogP contribution in [0.25, 0.3) is 10.9 Å². The number of hydrogen-bond acceptors (Lipinski definition) is 6. The van der Waals surface area contributed by atoms with Gasteiger partial charge in [-0.2, -0.15) is 5.06 Å². The third-order valence-corrected chi connectivity index (χ3v) is 7.80. The van der Waals surface area contributed by atoms with Crippen molar-refractivity contribution < 1.29 is 19.5 Å². The summed E-state index contributed by atoms with van der Waals surface area (Å²) in [4.78, 5) is 32.1. The first-order chi connectivity index (χ1) is 17.4. The van der Waals surface area contributed by atoms with Crippen LogP contribution in [-0.4, -0.2) is 57.6 Å². The lowest BCUT2D eigenvalue weighted by Crippen LogP contribution is -2.53. The molecule has 8 nitrogen and oxygen atoms in total. The normalized spacial score (nSPS) is 22.2. The molecule has 2 unspecified atom stereocenters. The molecule has 2 atom stereocenters. The highest BCUT2D eigenvalue weighted by Gasteiger charge is 2.49. The minimum atomic E-state index is -0.731. The number of primary amides is 1. The van der Waals surface area contributed by atoms with E-state index >= 15 is 0 Å². The molecule has 0 radical (unpaired) electrons. The van der Waals surface area contributed by atoms with Gasteiger partial charge in [0.2, 0.25) is 11.8 Å². The molecule has 0 saturated carbocycles. The Morgan fingerprint density at radius 2 is 1.86 bits per heavy atom. The van der Waals surface area contributed by atoms with Crippen molar-refractivity contribution in [2.24, 2.45) is 11.7 Å². The Morgan fingerprint density at radius 1 is 1.14 bits per heavy atom. The number of nitrogens with two attached hydrogens (primary N) is 1. The minimum absolute atomic E-state index is 0.0442. The van der Waals surface area contributed by atoms with Crippen LogP contribution < -0.4 is 10.5 Å². The molecular weight excluding hydrogens is 456 g/mol. The topological polar surface area (TPSA) is 109 Å². The SMILES string of the molecule is CC1(c2ccc(OCc3ccnc4ccccc34)cc2)CCN(C(C(N)=O)C2CCN(O)CC2)C1=O. The van der Waals surface area contributed by atoms with Gasteiger partial charge in [0.05, 0.1) is 10.9 Å². The summed E-state index contributed by atoms with van der Waals surface area (Å²) in [5.41, 5.74) is 7.93. The number of nitrogens with zero attached hydrogens (tertiary/aromatic N) is 3. The van der Waals surface area contributed by atoms with Gasteiger partial charge in [-0.15, -0.1) is 0 Å². The summed E-state index contributed by atoms with van der Waals surface area (Å²) < 4.78 is 6.05. The van der Waals surface area contributed by atoms with Gasteiger partial charge in [0.1, 0.15) is 18.4 Å². The van der Waals surface area contributed by atoms with E-state index in [2.05, 4.69) is 4.98 Å². The maximum atomic E-state index is 13.6. The molecule has 0 spiro atoms. The van der Waals surface area contributed by atoms with Gasteiger partial charge in [0.25, 0.3) is 0 Å². The molecule has 3 N–H and O–H groups in total. The smallest absolute Gasteiger partial charge is 0.240 e. The third kappa shape index (κ3) is 4.54. The molecule has 2 saturated heterocycles. The van der Waals surface area contributed by atoms with Crippen LogP contribution in [-0.2, 0) is 21.6 Å². The fourth-order valence-corrected chi connectivity index (χ4v) is 5.61. The molecule has 36 heavy (non-hydrogen) atoms. The lowest BCUT2D eigenvalue weighted by molar-refractivity contribution is -0.145. The average molecular weight is 489 g/mol. The molecule has 2 aromatic carbocycles. The van der Waals surface area contributed by atoms with Crippen LogP contribution in [0.1, 0.15) is 37.3 Å². The van der Waals surface area contributed by atoms with Gasteiger partial charge in [0.15, 0.2) is 0 Å². The number of hydroxylamine groups is 2. The number of fused-ring (bicyclic) bond motifs is 1. The maximum Gasteiger partial charge on any atom is 0.240 e. The van der Waals surface area contributed by atoms with Gasteiger partial charge < -0.3 is 20.6 Å². The lowest BCUT2D eigenvalue weighted by Gasteiger charge is -2.37. The summed E-state index contributed by atoms with van der Waals surface area (Å²) in [7, 11) is 0. The number of para-hydroxylation sites is 1. The molecule has 0 bridgehead atoms. The number of likely N-dealkylation sites (tertiary alicyclic amines) is 1. The van der Waals surface area contributed by atoms with Crippen LogP contribution in [0.4, 0.5) is 0 Å². The minimum Gasteiger partial charge on any atom is -0.489 e. The van der Waals surface area contributed by atoms with Crippen molar-refractivity contribution in [1.29, 1.82) is 0 Å². The second kappa shape index (κ2) is 9.87. The van der Waals surface area contributed by atoms with Crippen LogP contribution in [0.15, 0.2) is 60.8 Å². The van der Waals surface area contributed by atoms with E-state index < -0.39 is 17.4 Å². The van der Waals surface area contributed by atoms with Crippen molar-refractivity contribution in [2.45, 2.75) is 44.2 Å². The highest BCUT2D eigenvalue weighted by Crippen LogP contribution is 2.39. The number of pyridine rings is 1. The zero-order valence-electron chi connectivity index (χ0n) is 20.5. The lowest BCUT2D eigenvalue weighted by atomic mass is 9.81. The summed E-state index contributed by atoms with van der Waals surface area (Å²) in [6.45, 7) is 3.78. The van der Waals surface area contributed by atoms with Crippen molar-refractivity contribution in [3.63, 3.8) is 0 Å². The summed E-state index contributed by atoms with van der Waals surface area (Å²) in [5.74, 6) is 0.125. The van der Waals surface area contributed by atoms with Gasteiger partial charge >= 0.3 is 0 Å². The molecular formula is C28H32N4O4. The molecule has 2 amide bonds. The summed E-state index contributed by atoms with van der Waals surface area (Å²) >= 11 is 0. The number of amides is 2. The summed E-state index contributed by atoms with van der Waals surface area (Å²) in [6, 6.07) is 16.9. The van der Waals surface area contributed by atoms with Crippen molar-refractivity contribution in [2.75, 3.05) is 19.6 Å². The summed E-state index contributed by atoms with van der Waals surface area (Å²) in [6.07, 6.45) is 3.65. The Bertz CT molecular complexity index is 1250. The monoisotopic (exact) mass is 488 g/mol. The Kier molecular flexibility index (Phi) is 6.64. The third-order valence-electron chi connectivity index (χ3n) is 7.80. The van der Waals surface area contributed by atoms with Crippen LogP contribution in [0.2, 0.25) is 0 Å². The van der Waals surface area contributed by atoms with Gasteiger partial charge in [-0.3, -0.25) is 14.6 Å². The number of carbonyl (C=O) groups excluding carboxylic acids is 2. The molecule has 1 aromatic heterocycles. The summed E-state index contributed by atoms with van der Waals surface area (Å²) in [5, 5.41) is 12.0. The first kappa shape index (κ1) is 24.2. The van der Waals surface area contributed by atoms with Crippen molar-refractivity contribution in [3.8, 4) is 5.75 Å². The number of benzene rings is 2. The van der Waals surface area contributed by atoms with Gasteiger partial charge in [-0.05, 0) is 61.9 Å². The molecule has 5 rings (SSSR count). The molecule has 0 aliphatic carbocycles. The van der Waals surface area contributed by atoms with Crippen molar-refractivity contribution >= 4 is 22.7 Å². The highest BCUT2D eigenvalue weighted by atomic mass is 16.5. The van der Waals surface area contributed by atoms with E-state index in [1.54, 1.807) is 11.1 Å². The first-order valence-corrected chi connectivity index (χ1v) is 12.5. The highest BCUT2D eigenvalue weighted by molar-refractivity contribution is 5.94. The molecule has 3 heterocycles. The number of piperidine rings is 1. The molecule has 2 fully saturated rings. The van der Waals surface area contributed by atoms with Crippen molar-refractivity contribution in [1.82, 2.24) is 14.9 Å². The second-order valence-electron chi connectivity index (χ2n) is 10.0. The predicted molar refractivity (Wildman–Crippen MR) is 135 cm³/mol. The Hall–Kier alpha value is -3.49. The van der Waals surface area contributed by atoms with Gasteiger partial charge in [0, 0.05) is 36.8 Å². The first-order valence-electron chi connectivity index (χ1n) is 12.5. The van der Waals surface area contributed by atoms with E-state index in [0.717, 1.165) is 27.8 Å². The molecule has 3 aromatic rings. The van der Waals surface area contributed by atoms with E-state index in [9.17, 15) is 14.8 Å². The van der Waals surface area contributed by atoms with Gasteiger partial charge in [-0.1, -0.05) is 30.3 Å². The van der Waals surface area contributed by atoms with E-state index in [1.165, 1.54) is 5.06 Å². The van der Waals surface area contributed by atoms with E-state index in [-0.39, 0.29) is 11.8 Å². The molecule has 8 heteroatoms. The van der Waals surface area contributed by atoms with Crippen LogP contribution >= 0.6 is 0 Å². The van der Waals surface area contributed by atoms with Crippen LogP contribution in [0.5, 0.6) is 5.75 Å². The number of aromatic nitrogens is 1. The number of ether oxygens (including phenoxy) is 1. The second-order valence-corrected chi connectivity index (χ2v) is 10.0. The zero-order chi connectivity index (χ0) is 25.3. The Labute approximate surface area is 210 Å². The molecule has 2 aliphatic heterocycles. The predicted octanol–water partition coefficient (Wildman–Crippen LogP) is 3.26. The quantitative estimate of drug-likeness (QED) is 0.528. The van der Waals surface area contributed by atoms with Crippen molar-refractivity contribution in [3.05, 3.63) is 71.9 Å². The van der Waals surface area contributed by atoms with Crippen LogP contribution in [0.3, 0.4) is 0 Å². The Morgan fingerprint density at radius 3 is 2.58 bits per heavy atom. The van der Waals surface area contributed by atoms with E-state index in [4.69, 9.17) is 10.5 Å². The number of carbonyl (C=O) groups is 2. The zero-order valence-corrected chi connectivity index (χ0v) is 20.5. The number of hydrogen-bond donors (Lipinski definition) is 2. The maximum absolute atomic E-state index is 13.6. The average Bonchev–Trinajstić information content (AvgIpc) is 3.19. The van der Waals surface area contributed by atoms with Crippen LogP contribution in [0, 0.1) is 5.92 Å². The molecule has 188 valence electrons. The standard InChI is InChI=1S/C28H32N4O4/c1-28(13-17-32(27(28)34)25(26(29)33)19-11-15-31(35)16-12-19)21-6-8-22(9-7-21)36-18-20-10-14-30-24-5-3-2-4-23(20)24/h2-10,14,19,25,35H,11-13,15-18H2,1H3,(H2,29,33). The van der Waals surface area contributed by atoms with Gasteiger partial charge in [-0.25, -0.2) is 0 Å². The van der Waals surface area contributed by atoms with E-state index in [0.29, 0.717) is 45.5 Å². The fraction of sp³-hybridized carbons (Fsp3) is 0.393. The largest absolute Gasteiger partial charge is 0.489 e.